The molecule has 0 atom stereocenters. The molecule has 1 heterocycles. The van der Waals surface area contributed by atoms with E-state index in [1.807, 2.05) is 11.9 Å². The van der Waals surface area contributed by atoms with Gasteiger partial charge in [-0.15, -0.1) is 0 Å². The molecule has 0 spiro atoms. The highest BCUT2D eigenvalue weighted by atomic mass is 32.1. The van der Waals surface area contributed by atoms with Crippen molar-refractivity contribution in [2.75, 3.05) is 51.3 Å². The molecule has 0 unspecified atom stereocenters. The van der Waals surface area contributed by atoms with Crippen molar-refractivity contribution in [3.05, 3.63) is 42.5 Å². The molecule has 0 amide bonds. The van der Waals surface area contributed by atoms with Crippen molar-refractivity contribution in [1.29, 1.82) is 0 Å². The fraction of sp³-hybridized carbons (Fsp3) is 0.389. The second-order valence-corrected chi connectivity index (χ2v) is 6.32. The molecule has 0 aliphatic carbocycles. The molecular formula is C18H24N3OS+. The first-order valence-electron chi connectivity index (χ1n) is 8.16. The minimum Gasteiger partial charge on any atom is -0.370 e. The summed E-state index contributed by atoms with van der Waals surface area (Å²) >= 11 is 5.53. The zero-order chi connectivity index (χ0) is 16.1. The second-order valence-electron chi connectivity index (χ2n) is 5.93. The summed E-state index contributed by atoms with van der Waals surface area (Å²) in [7, 11) is 2.01. The van der Waals surface area contributed by atoms with Crippen LogP contribution in [-0.4, -0.2) is 51.6 Å². The van der Waals surface area contributed by atoms with Gasteiger partial charge in [0.1, 0.15) is 13.1 Å². The third-order valence-electron chi connectivity index (χ3n) is 4.38. The summed E-state index contributed by atoms with van der Waals surface area (Å²) in [5.41, 5.74) is 1.11. The minimum atomic E-state index is 0.771. The Balaban J connectivity index is 1.55. The molecule has 0 aromatic heterocycles. The maximum Gasteiger partial charge on any atom is 0.173 e. The van der Waals surface area contributed by atoms with Gasteiger partial charge < -0.3 is 19.9 Å². The summed E-state index contributed by atoms with van der Waals surface area (Å²) < 4.78 is 5.38. The van der Waals surface area contributed by atoms with E-state index >= 15 is 0 Å². The van der Waals surface area contributed by atoms with Gasteiger partial charge in [0.2, 0.25) is 0 Å². The van der Waals surface area contributed by atoms with E-state index < -0.39 is 0 Å². The summed E-state index contributed by atoms with van der Waals surface area (Å²) in [6, 6.07) is 14.8. The van der Waals surface area contributed by atoms with Crippen LogP contribution in [0.15, 0.2) is 42.5 Å². The van der Waals surface area contributed by atoms with Crippen molar-refractivity contribution >= 4 is 33.8 Å². The molecule has 122 valence electrons. The molecule has 1 aliphatic rings. The lowest BCUT2D eigenvalue weighted by molar-refractivity contribution is -0.906. The monoisotopic (exact) mass is 330 g/mol. The van der Waals surface area contributed by atoms with E-state index in [1.54, 1.807) is 4.90 Å². The Morgan fingerprint density at radius 2 is 1.91 bits per heavy atom. The average Bonchev–Trinajstić information content (AvgIpc) is 2.61. The van der Waals surface area contributed by atoms with Crippen molar-refractivity contribution in [2.24, 2.45) is 0 Å². The average molecular weight is 330 g/mol. The Labute approximate surface area is 143 Å². The number of ether oxygens (including phenoxy) is 1. The summed E-state index contributed by atoms with van der Waals surface area (Å²) in [5.74, 6) is 0. The summed E-state index contributed by atoms with van der Waals surface area (Å²) in [5, 5.41) is 6.63. The van der Waals surface area contributed by atoms with E-state index in [9.17, 15) is 0 Å². The highest BCUT2D eigenvalue weighted by molar-refractivity contribution is 7.80. The van der Waals surface area contributed by atoms with Crippen LogP contribution in [0.3, 0.4) is 0 Å². The highest BCUT2D eigenvalue weighted by Crippen LogP contribution is 2.21. The van der Waals surface area contributed by atoms with Crippen LogP contribution >= 0.6 is 12.2 Å². The SMILES string of the molecule is CN(C(=S)NCC[NH+]1CCOCC1)c1ccc2ccccc2c1. The standard InChI is InChI=1S/C18H23N3OS/c1-20(17-7-6-15-4-2-3-5-16(15)14-17)18(23)19-8-9-21-10-12-22-13-11-21/h2-7,14H,8-13H2,1H3,(H,19,23)/p+1. The molecule has 2 aromatic carbocycles. The molecule has 23 heavy (non-hydrogen) atoms. The van der Waals surface area contributed by atoms with Gasteiger partial charge in [-0.3, -0.25) is 0 Å². The lowest BCUT2D eigenvalue weighted by atomic mass is 10.1. The Kier molecular flexibility index (Phi) is 5.43. The molecule has 2 N–H and O–H groups in total. The van der Waals surface area contributed by atoms with Crippen molar-refractivity contribution in [1.82, 2.24) is 5.32 Å². The zero-order valence-electron chi connectivity index (χ0n) is 13.5. The number of thiocarbonyl (C=S) groups is 1. The second kappa shape index (κ2) is 7.73. The smallest absolute Gasteiger partial charge is 0.173 e. The molecule has 1 saturated heterocycles. The van der Waals surface area contributed by atoms with Crippen LogP contribution in [0.2, 0.25) is 0 Å². The molecule has 2 aromatic rings. The number of fused-ring (bicyclic) bond motifs is 1. The van der Waals surface area contributed by atoms with Gasteiger partial charge in [0.15, 0.2) is 5.11 Å². The Morgan fingerprint density at radius 1 is 1.17 bits per heavy atom. The van der Waals surface area contributed by atoms with Crippen LogP contribution < -0.4 is 15.1 Å². The number of anilines is 1. The van der Waals surface area contributed by atoms with Crippen LogP contribution in [0.5, 0.6) is 0 Å². The molecule has 1 fully saturated rings. The molecule has 1 aliphatic heterocycles. The van der Waals surface area contributed by atoms with Crippen molar-refractivity contribution in [3.63, 3.8) is 0 Å². The molecule has 0 bridgehead atoms. The fourth-order valence-electron chi connectivity index (χ4n) is 2.88. The summed E-state index contributed by atoms with van der Waals surface area (Å²) in [6.45, 7) is 5.90. The summed E-state index contributed by atoms with van der Waals surface area (Å²) in [4.78, 5) is 3.62. The largest absolute Gasteiger partial charge is 0.370 e. The van der Waals surface area contributed by atoms with E-state index in [0.29, 0.717) is 0 Å². The molecule has 0 radical (unpaired) electrons. The maximum absolute atomic E-state index is 5.53. The first kappa shape index (κ1) is 16.2. The third-order valence-corrected chi connectivity index (χ3v) is 4.80. The number of benzene rings is 2. The van der Waals surface area contributed by atoms with E-state index in [2.05, 4.69) is 47.8 Å². The normalized spacial score (nSPS) is 15.5. The lowest BCUT2D eigenvalue weighted by Gasteiger charge is -2.25. The first-order chi connectivity index (χ1) is 11.2. The Bertz CT molecular complexity index is 670. The van der Waals surface area contributed by atoms with E-state index in [-0.39, 0.29) is 0 Å². The van der Waals surface area contributed by atoms with Gasteiger partial charge in [-0.1, -0.05) is 30.3 Å². The van der Waals surface area contributed by atoms with Crippen LogP contribution in [-0.2, 0) is 4.74 Å². The number of nitrogens with one attached hydrogen (secondary N) is 2. The number of hydrogen-bond donors (Lipinski definition) is 2. The molecule has 5 heteroatoms. The van der Waals surface area contributed by atoms with Gasteiger partial charge in [0.25, 0.3) is 0 Å². The minimum absolute atomic E-state index is 0.771. The lowest BCUT2D eigenvalue weighted by Crippen LogP contribution is -3.14. The first-order valence-corrected chi connectivity index (χ1v) is 8.56. The van der Waals surface area contributed by atoms with Crippen LogP contribution in [0.1, 0.15) is 0 Å². The maximum atomic E-state index is 5.53. The number of morpholine rings is 1. The molecule has 0 saturated carbocycles. The number of quaternary nitrogens is 1. The predicted molar refractivity (Wildman–Crippen MR) is 99.3 cm³/mol. The van der Waals surface area contributed by atoms with Crippen LogP contribution in [0.4, 0.5) is 5.69 Å². The Hall–Kier alpha value is -1.69. The van der Waals surface area contributed by atoms with Crippen molar-refractivity contribution in [3.8, 4) is 0 Å². The molecular weight excluding hydrogens is 306 g/mol. The van der Waals surface area contributed by atoms with Gasteiger partial charge in [0, 0.05) is 12.7 Å². The van der Waals surface area contributed by atoms with Crippen molar-refractivity contribution in [2.45, 2.75) is 0 Å². The third kappa shape index (κ3) is 4.19. The van der Waals surface area contributed by atoms with Gasteiger partial charge in [-0.2, -0.15) is 0 Å². The molecule has 4 nitrogen and oxygen atoms in total. The van der Waals surface area contributed by atoms with E-state index in [1.165, 1.54) is 10.8 Å². The topological polar surface area (TPSA) is 28.9 Å². The van der Waals surface area contributed by atoms with Gasteiger partial charge in [0.05, 0.1) is 26.3 Å². The molecule has 3 rings (SSSR count). The van der Waals surface area contributed by atoms with E-state index in [4.69, 9.17) is 17.0 Å². The summed E-state index contributed by atoms with van der Waals surface area (Å²) in [6.07, 6.45) is 0. The number of hydrogen-bond acceptors (Lipinski definition) is 2. The van der Waals surface area contributed by atoms with Gasteiger partial charge in [-0.05, 0) is 35.1 Å². The highest BCUT2D eigenvalue weighted by Gasteiger charge is 2.14. The van der Waals surface area contributed by atoms with Gasteiger partial charge >= 0.3 is 0 Å². The number of nitrogens with zero attached hydrogens (tertiary/aromatic N) is 1. The van der Waals surface area contributed by atoms with E-state index in [0.717, 1.165) is 50.2 Å². The predicted octanol–water partition coefficient (Wildman–Crippen LogP) is 1.07. The zero-order valence-corrected chi connectivity index (χ0v) is 14.4. The van der Waals surface area contributed by atoms with Crippen LogP contribution in [0.25, 0.3) is 10.8 Å². The number of rotatable bonds is 4. The Morgan fingerprint density at radius 3 is 2.70 bits per heavy atom. The van der Waals surface area contributed by atoms with Gasteiger partial charge in [-0.25, -0.2) is 0 Å². The fourth-order valence-corrected chi connectivity index (χ4v) is 3.08. The quantitative estimate of drug-likeness (QED) is 0.821. The van der Waals surface area contributed by atoms with Crippen molar-refractivity contribution < 1.29 is 9.64 Å². The van der Waals surface area contributed by atoms with Crippen LogP contribution in [0, 0.1) is 0 Å².